The third-order valence-corrected chi connectivity index (χ3v) is 0.381. The maximum Gasteiger partial charge on any atom is 0.227 e. The molecule has 0 saturated heterocycles. The Morgan fingerprint density at radius 2 is 2.43 bits per heavy atom. The Morgan fingerprint density at radius 1 is 1.86 bits per heavy atom. The first-order valence-electron chi connectivity index (χ1n) is 1.69. The summed E-state index contributed by atoms with van der Waals surface area (Å²) in [6.45, 7) is 3.17. The number of hydrogen-bond acceptors (Lipinski definition) is 1. The molecule has 0 aromatic heterocycles. The fraction of sp³-hybridized carbons (Fsp3) is 0. The van der Waals surface area contributed by atoms with Crippen molar-refractivity contribution in [1.82, 2.24) is 0 Å². The van der Waals surface area contributed by atoms with Crippen molar-refractivity contribution in [2.24, 2.45) is 0 Å². The van der Waals surface area contributed by atoms with E-state index in [0.29, 0.717) is 0 Å². The van der Waals surface area contributed by atoms with Crippen LogP contribution in [0.3, 0.4) is 0 Å². The summed E-state index contributed by atoms with van der Waals surface area (Å²) in [5.41, 5.74) is 0. The van der Waals surface area contributed by atoms with Crippen LogP contribution in [-0.4, -0.2) is 13.6 Å². The molecular formula is C5H3BO. The molecule has 0 spiro atoms. The number of ketones is 1. The minimum Gasteiger partial charge on any atom is -0.280 e. The summed E-state index contributed by atoms with van der Waals surface area (Å²) in [7, 11) is 4.68. The van der Waals surface area contributed by atoms with Crippen LogP contribution in [0.1, 0.15) is 0 Å². The van der Waals surface area contributed by atoms with Gasteiger partial charge in [-0.2, -0.15) is 5.82 Å². The van der Waals surface area contributed by atoms with Gasteiger partial charge in [-0.1, -0.05) is 6.58 Å². The lowest BCUT2D eigenvalue weighted by molar-refractivity contribution is -0.109. The van der Waals surface area contributed by atoms with Crippen molar-refractivity contribution in [1.29, 1.82) is 0 Å². The van der Waals surface area contributed by atoms with Crippen LogP contribution >= 0.6 is 0 Å². The first-order valence-corrected chi connectivity index (χ1v) is 1.69. The standard InChI is InChI=1S/C5H3BO/c1-2-5(7)3-4-6/h2H,1H2. The SMILES string of the molecule is [B]C#CC(=O)C=C. The van der Waals surface area contributed by atoms with Crippen LogP contribution in [-0.2, 0) is 4.79 Å². The van der Waals surface area contributed by atoms with Crippen LogP contribution in [0, 0.1) is 11.7 Å². The van der Waals surface area contributed by atoms with E-state index >= 15 is 0 Å². The largest absolute Gasteiger partial charge is 0.280 e. The molecule has 0 amide bonds. The third-order valence-electron chi connectivity index (χ3n) is 0.381. The van der Waals surface area contributed by atoms with E-state index in [0.717, 1.165) is 6.08 Å². The van der Waals surface area contributed by atoms with Gasteiger partial charge in [0.25, 0.3) is 0 Å². The fourth-order valence-corrected chi connectivity index (χ4v) is 0.122. The first-order chi connectivity index (χ1) is 3.31. The van der Waals surface area contributed by atoms with E-state index in [2.05, 4.69) is 20.3 Å². The monoisotopic (exact) mass is 90.0 g/mol. The second-order valence-corrected chi connectivity index (χ2v) is 0.838. The van der Waals surface area contributed by atoms with Crippen molar-refractivity contribution < 1.29 is 4.79 Å². The molecule has 2 heteroatoms. The molecule has 0 bridgehead atoms. The Labute approximate surface area is 43.8 Å². The summed E-state index contributed by atoms with van der Waals surface area (Å²) < 4.78 is 0. The van der Waals surface area contributed by atoms with Crippen molar-refractivity contribution in [3.63, 3.8) is 0 Å². The minimum absolute atomic E-state index is 0.345. The third kappa shape index (κ3) is 2.85. The molecule has 0 aliphatic rings. The van der Waals surface area contributed by atoms with Gasteiger partial charge in [0.15, 0.2) is 7.85 Å². The molecule has 0 atom stereocenters. The van der Waals surface area contributed by atoms with Gasteiger partial charge in [-0.05, 0) is 12.0 Å². The molecular weight excluding hydrogens is 86.9 g/mol. The fourth-order valence-electron chi connectivity index (χ4n) is 0.122. The van der Waals surface area contributed by atoms with Crippen LogP contribution in [0.5, 0.6) is 0 Å². The maximum atomic E-state index is 10.0. The zero-order valence-corrected chi connectivity index (χ0v) is 3.77. The zero-order chi connectivity index (χ0) is 5.70. The lowest BCUT2D eigenvalue weighted by Crippen LogP contribution is -1.82. The molecule has 0 heterocycles. The molecule has 32 valence electrons. The molecule has 0 aromatic carbocycles. The summed E-state index contributed by atoms with van der Waals surface area (Å²) in [5, 5.41) is 0. The van der Waals surface area contributed by atoms with Crippen molar-refractivity contribution in [3.8, 4) is 11.7 Å². The smallest absolute Gasteiger partial charge is 0.227 e. The molecule has 7 heavy (non-hydrogen) atoms. The number of rotatable bonds is 1. The van der Waals surface area contributed by atoms with Gasteiger partial charge in [0, 0.05) is 0 Å². The first kappa shape index (κ1) is 6.03. The molecule has 0 rings (SSSR count). The van der Waals surface area contributed by atoms with Gasteiger partial charge in [0.05, 0.1) is 0 Å². The van der Waals surface area contributed by atoms with E-state index in [9.17, 15) is 4.79 Å². The van der Waals surface area contributed by atoms with Gasteiger partial charge in [-0.25, -0.2) is 0 Å². The van der Waals surface area contributed by atoms with E-state index in [1.165, 1.54) is 0 Å². The van der Waals surface area contributed by atoms with E-state index in [-0.39, 0.29) is 5.78 Å². The minimum atomic E-state index is -0.345. The highest BCUT2D eigenvalue weighted by atomic mass is 16.1. The topological polar surface area (TPSA) is 17.1 Å². The molecule has 0 saturated carbocycles. The van der Waals surface area contributed by atoms with E-state index < -0.39 is 0 Å². The summed E-state index contributed by atoms with van der Waals surface area (Å²) in [5.74, 6) is 3.67. The van der Waals surface area contributed by atoms with Gasteiger partial charge in [0.2, 0.25) is 5.78 Å². The van der Waals surface area contributed by atoms with Gasteiger partial charge in [-0.15, -0.1) is 0 Å². The van der Waals surface area contributed by atoms with Gasteiger partial charge < -0.3 is 0 Å². The van der Waals surface area contributed by atoms with Crippen molar-refractivity contribution in [2.45, 2.75) is 0 Å². The highest BCUT2D eigenvalue weighted by Gasteiger charge is 1.77. The zero-order valence-electron chi connectivity index (χ0n) is 3.77. The van der Waals surface area contributed by atoms with Gasteiger partial charge in [-0.3, -0.25) is 4.79 Å². The molecule has 2 radical (unpaired) electrons. The normalized spacial score (nSPS) is 5.71. The van der Waals surface area contributed by atoms with Gasteiger partial charge >= 0.3 is 0 Å². The Bertz CT molecular complexity index is 138. The average molecular weight is 89.9 g/mol. The summed E-state index contributed by atoms with van der Waals surface area (Å²) in [4.78, 5) is 10.0. The highest BCUT2D eigenvalue weighted by Crippen LogP contribution is 1.63. The number of hydrogen-bond donors (Lipinski definition) is 0. The van der Waals surface area contributed by atoms with Crippen molar-refractivity contribution >= 4 is 13.6 Å². The van der Waals surface area contributed by atoms with Crippen LogP contribution in [0.4, 0.5) is 0 Å². The second kappa shape index (κ2) is 3.23. The van der Waals surface area contributed by atoms with Crippen LogP contribution in [0.25, 0.3) is 0 Å². The summed E-state index contributed by atoms with van der Waals surface area (Å²) in [6.07, 6.45) is 1.11. The number of carbonyl (C=O) groups is 1. The molecule has 0 N–H and O–H groups in total. The molecule has 0 unspecified atom stereocenters. The lowest BCUT2D eigenvalue weighted by atomic mass is 10.2. The van der Waals surface area contributed by atoms with Gasteiger partial charge in [0.1, 0.15) is 0 Å². The second-order valence-electron chi connectivity index (χ2n) is 0.838. The molecule has 1 nitrogen and oxygen atoms in total. The molecule has 0 aliphatic carbocycles. The summed E-state index contributed by atoms with van der Waals surface area (Å²) in [6, 6.07) is 0. The Morgan fingerprint density at radius 3 is 2.57 bits per heavy atom. The Hall–Kier alpha value is -0.965. The highest BCUT2D eigenvalue weighted by molar-refractivity contribution is 6.25. The maximum absolute atomic E-state index is 10.0. The van der Waals surface area contributed by atoms with E-state index in [1.807, 2.05) is 5.82 Å². The predicted octanol–water partition coefficient (Wildman–Crippen LogP) is -0.129. The van der Waals surface area contributed by atoms with Crippen LogP contribution in [0.2, 0.25) is 0 Å². The molecule has 0 aromatic rings. The van der Waals surface area contributed by atoms with Crippen molar-refractivity contribution in [2.75, 3.05) is 0 Å². The van der Waals surface area contributed by atoms with E-state index in [1.54, 1.807) is 0 Å². The predicted molar refractivity (Wildman–Crippen MR) is 28.7 cm³/mol. The van der Waals surface area contributed by atoms with Crippen LogP contribution < -0.4 is 0 Å². The lowest BCUT2D eigenvalue weighted by Gasteiger charge is -1.66. The van der Waals surface area contributed by atoms with E-state index in [4.69, 9.17) is 0 Å². The average Bonchev–Trinajstić information content (AvgIpc) is 1.68. The number of allylic oxidation sites excluding steroid dienone is 1. The Kier molecular flexibility index (Phi) is 2.79. The Balaban J connectivity index is 3.74. The summed E-state index contributed by atoms with van der Waals surface area (Å²) >= 11 is 0. The molecule has 0 fully saturated rings. The van der Waals surface area contributed by atoms with Crippen LogP contribution in [0.15, 0.2) is 12.7 Å². The van der Waals surface area contributed by atoms with Crippen molar-refractivity contribution in [3.05, 3.63) is 12.7 Å². The quantitative estimate of drug-likeness (QED) is 0.249. The molecule has 0 aliphatic heterocycles. The number of carbonyl (C=O) groups excluding carboxylic acids is 1.